The summed E-state index contributed by atoms with van der Waals surface area (Å²) < 4.78 is 94.8. The number of pyridine rings is 1. The third kappa shape index (κ3) is 4.57. The highest BCUT2D eigenvalue weighted by molar-refractivity contribution is 9.10. The summed E-state index contributed by atoms with van der Waals surface area (Å²) in [5.41, 5.74) is -4.37. The van der Waals surface area contributed by atoms with Crippen LogP contribution in [-0.2, 0) is 16.5 Å². The Morgan fingerprint density at radius 2 is 1.65 bits per heavy atom. The van der Waals surface area contributed by atoms with Crippen LogP contribution in [-0.4, -0.2) is 37.2 Å². The monoisotopic (exact) mass is 470 g/mol. The molecular formula is C14H17BrF6N2O2S. The van der Waals surface area contributed by atoms with Crippen molar-refractivity contribution in [1.29, 1.82) is 0 Å². The third-order valence-electron chi connectivity index (χ3n) is 3.46. The predicted molar refractivity (Wildman–Crippen MR) is 87.3 cm³/mol. The quantitative estimate of drug-likeness (QED) is 0.508. The van der Waals surface area contributed by atoms with Crippen molar-refractivity contribution < 1.29 is 35.7 Å². The minimum Gasteiger partial charge on any atom is -0.379 e. The molecule has 150 valence electrons. The van der Waals surface area contributed by atoms with Crippen LogP contribution in [0.1, 0.15) is 33.4 Å². The molecule has 0 amide bonds. The van der Waals surface area contributed by atoms with Gasteiger partial charge in [0.05, 0.1) is 15.7 Å². The standard InChI is InChI=1S/C14H17BrF6N2O2S/c1-11(2,3)26(25)23-12(4,9-7(16)5-6-8(15)22-9)13(17,18)10(24)14(19,20)21/h5-6,10,23-24H,1-4H3/t10-,12?,26?/m0/s1. The fraction of sp³-hybridized carbons (Fsp3) is 0.643. The van der Waals surface area contributed by atoms with E-state index in [0.717, 1.165) is 6.07 Å². The summed E-state index contributed by atoms with van der Waals surface area (Å²) in [5.74, 6) is -6.37. The van der Waals surface area contributed by atoms with Crippen LogP contribution in [0, 0.1) is 5.82 Å². The normalized spacial score (nSPS) is 18.3. The van der Waals surface area contributed by atoms with Crippen LogP contribution in [0.3, 0.4) is 0 Å². The van der Waals surface area contributed by atoms with E-state index in [2.05, 4.69) is 20.9 Å². The molecule has 0 fully saturated rings. The number of hydrogen-bond donors (Lipinski definition) is 2. The maximum Gasteiger partial charge on any atom is 0.420 e. The maximum atomic E-state index is 14.7. The highest BCUT2D eigenvalue weighted by atomic mass is 79.9. The molecule has 0 aliphatic rings. The van der Waals surface area contributed by atoms with Crippen LogP contribution < -0.4 is 4.72 Å². The van der Waals surface area contributed by atoms with E-state index in [4.69, 9.17) is 0 Å². The van der Waals surface area contributed by atoms with Gasteiger partial charge in [-0.1, -0.05) is 0 Å². The van der Waals surface area contributed by atoms with E-state index >= 15 is 0 Å². The zero-order valence-electron chi connectivity index (χ0n) is 14.1. The van der Waals surface area contributed by atoms with E-state index in [9.17, 15) is 35.7 Å². The number of alkyl halides is 5. The molecule has 0 aliphatic carbocycles. The van der Waals surface area contributed by atoms with Gasteiger partial charge in [-0.15, -0.1) is 0 Å². The maximum absolute atomic E-state index is 14.7. The summed E-state index contributed by atoms with van der Waals surface area (Å²) >= 11 is 2.83. The van der Waals surface area contributed by atoms with E-state index in [-0.39, 0.29) is 4.60 Å². The summed E-state index contributed by atoms with van der Waals surface area (Å²) in [5, 5.41) is 9.21. The van der Waals surface area contributed by atoms with Gasteiger partial charge in [0, 0.05) is 0 Å². The fourth-order valence-electron chi connectivity index (χ4n) is 1.86. The van der Waals surface area contributed by atoms with Crippen molar-refractivity contribution in [3.05, 3.63) is 28.2 Å². The second-order valence-corrected chi connectivity index (χ2v) is 9.42. The van der Waals surface area contributed by atoms with Crippen LogP contribution in [0.25, 0.3) is 0 Å². The second kappa shape index (κ2) is 7.36. The molecule has 2 N–H and O–H groups in total. The molecule has 0 aliphatic heterocycles. The number of aliphatic hydroxyl groups is 1. The first kappa shape index (κ1) is 23.3. The summed E-state index contributed by atoms with van der Waals surface area (Å²) in [6, 6.07) is 1.76. The topological polar surface area (TPSA) is 62.2 Å². The Balaban J connectivity index is 3.67. The Hall–Kier alpha value is -0.720. The van der Waals surface area contributed by atoms with Crippen LogP contribution >= 0.6 is 15.9 Å². The van der Waals surface area contributed by atoms with Crippen molar-refractivity contribution >= 4 is 26.9 Å². The van der Waals surface area contributed by atoms with Crippen LogP contribution in [0.15, 0.2) is 16.7 Å². The molecule has 1 aromatic heterocycles. The smallest absolute Gasteiger partial charge is 0.379 e. The zero-order valence-corrected chi connectivity index (χ0v) is 16.5. The van der Waals surface area contributed by atoms with Crippen molar-refractivity contribution in [3.63, 3.8) is 0 Å². The van der Waals surface area contributed by atoms with Gasteiger partial charge >= 0.3 is 12.1 Å². The van der Waals surface area contributed by atoms with Crippen molar-refractivity contribution in [1.82, 2.24) is 9.71 Å². The Morgan fingerprint density at radius 1 is 1.15 bits per heavy atom. The highest BCUT2D eigenvalue weighted by Crippen LogP contribution is 2.45. The molecule has 1 aromatic rings. The first-order chi connectivity index (χ1) is 11.4. The molecule has 0 bridgehead atoms. The molecular weight excluding hydrogens is 454 g/mol. The van der Waals surface area contributed by atoms with Gasteiger partial charge in [-0.3, -0.25) is 0 Å². The number of aliphatic hydroxyl groups excluding tert-OH is 1. The third-order valence-corrected chi connectivity index (χ3v) is 5.61. The minimum absolute atomic E-state index is 0.138. The lowest BCUT2D eigenvalue weighted by Crippen LogP contribution is -2.64. The number of halogens is 7. The molecule has 1 rings (SSSR count). The summed E-state index contributed by atoms with van der Waals surface area (Å²) in [6.45, 7) is 4.63. The van der Waals surface area contributed by atoms with Crippen LogP contribution in [0.2, 0.25) is 0 Å². The van der Waals surface area contributed by atoms with Gasteiger partial charge in [-0.25, -0.2) is 27.1 Å². The summed E-state index contributed by atoms with van der Waals surface area (Å²) in [6.07, 6.45) is -9.86. The largest absolute Gasteiger partial charge is 0.420 e. The molecule has 0 saturated heterocycles. The molecule has 12 heteroatoms. The molecule has 1 heterocycles. The first-order valence-corrected chi connectivity index (χ1v) is 9.03. The molecule has 3 atom stereocenters. The molecule has 0 spiro atoms. The lowest BCUT2D eigenvalue weighted by Gasteiger charge is -2.41. The molecule has 4 nitrogen and oxygen atoms in total. The van der Waals surface area contributed by atoms with E-state index in [0.29, 0.717) is 13.0 Å². The average molecular weight is 471 g/mol. The molecule has 26 heavy (non-hydrogen) atoms. The summed E-state index contributed by atoms with van der Waals surface area (Å²) in [7, 11) is -2.34. The Labute approximate surface area is 157 Å². The number of rotatable bonds is 5. The van der Waals surface area contributed by atoms with E-state index in [1.54, 1.807) is 0 Å². The number of nitrogens with one attached hydrogen (secondary N) is 1. The number of nitrogens with zero attached hydrogens (tertiary/aromatic N) is 1. The van der Waals surface area contributed by atoms with E-state index in [1.165, 1.54) is 20.8 Å². The van der Waals surface area contributed by atoms with Crippen molar-refractivity contribution in [2.24, 2.45) is 0 Å². The Bertz CT molecular complexity index is 695. The fourth-order valence-corrected chi connectivity index (χ4v) is 3.08. The lowest BCUT2D eigenvalue weighted by molar-refractivity contribution is -0.288. The minimum atomic E-state index is -5.71. The molecule has 0 aromatic carbocycles. The lowest BCUT2D eigenvalue weighted by atomic mass is 9.86. The Morgan fingerprint density at radius 3 is 2.08 bits per heavy atom. The molecule has 2 unspecified atom stereocenters. The number of hydrogen-bond acceptors (Lipinski definition) is 3. The van der Waals surface area contributed by atoms with Gasteiger partial charge in [0.15, 0.2) is 0 Å². The molecule has 0 saturated carbocycles. The Kier molecular flexibility index (Phi) is 6.60. The molecule has 0 radical (unpaired) electrons. The predicted octanol–water partition coefficient (Wildman–Crippen LogP) is 3.81. The number of aromatic nitrogens is 1. The average Bonchev–Trinajstić information content (AvgIpc) is 2.46. The van der Waals surface area contributed by atoms with Crippen molar-refractivity contribution in [3.8, 4) is 0 Å². The van der Waals surface area contributed by atoms with E-state index < -0.39 is 51.0 Å². The highest BCUT2D eigenvalue weighted by Gasteiger charge is 2.66. The second-order valence-electron chi connectivity index (χ2n) is 6.64. The van der Waals surface area contributed by atoms with E-state index in [1.807, 2.05) is 4.72 Å². The van der Waals surface area contributed by atoms with Crippen molar-refractivity contribution in [2.45, 2.75) is 56.2 Å². The van der Waals surface area contributed by atoms with Crippen LogP contribution in [0.4, 0.5) is 26.3 Å². The SMILES string of the molecule is CC(C)(C)S(=O)NC(C)(c1nc(Br)ccc1F)C(F)(F)[C@H](O)C(F)(F)F. The van der Waals surface area contributed by atoms with Gasteiger partial charge in [0.1, 0.15) is 21.7 Å². The van der Waals surface area contributed by atoms with Gasteiger partial charge in [0.25, 0.3) is 0 Å². The first-order valence-electron chi connectivity index (χ1n) is 7.09. The van der Waals surface area contributed by atoms with Gasteiger partial charge in [-0.2, -0.15) is 13.2 Å². The summed E-state index contributed by atoms with van der Waals surface area (Å²) in [4.78, 5) is 3.50. The van der Waals surface area contributed by atoms with Gasteiger partial charge in [-0.05, 0) is 55.8 Å². The zero-order chi connectivity index (χ0) is 20.7. The van der Waals surface area contributed by atoms with Crippen molar-refractivity contribution in [2.75, 3.05) is 0 Å². The van der Waals surface area contributed by atoms with Gasteiger partial charge < -0.3 is 5.11 Å². The van der Waals surface area contributed by atoms with Crippen LogP contribution in [0.5, 0.6) is 0 Å². The van der Waals surface area contributed by atoms with Gasteiger partial charge in [0.2, 0.25) is 6.10 Å².